The summed E-state index contributed by atoms with van der Waals surface area (Å²) >= 11 is 1.70. The maximum Gasteiger partial charge on any atom is 0.260 e. The van der Waals surface area contributed by atoms with Crippen molar-refractivity contribution in [2.45, 2.75) is 19.4 Å². The molecule has 0 aromatic heterocycles. The van der Waals surface area contributed by atoms with Crippen LogP contribution in [0.25, 0.3) is 0 Å². The average molecular weight is 271 g/mol. The number of phenols is 1. The zero-order valence-corrected chi connectivity index (χ0v) is 11.6. The van der Waals surface area contributed by atoms with E-state index in [9.17, 15) is 14.3 Å². The molecule has 0 heterocycles. The van der Waals surface area contributed by atoms with E-state index in [-0.39, 0.29) is 17.4 Å². The van der Waals surface area contributed by atoms with E-state index in [1.807, 2.05) is 13.2 Å². The first-order valence-electron chi connectivity index (χ1n) is 5.72. The van der Waals surface area contributed by atoms with Crippen molar-refractivity contribution in [3.05, 3.63) is 29.6 Å². The molecule has 1 N–H and O–H groups in total. The first-order chi connectivity index (χ1) is 8.49. The molecule has 0 aliphatic carbocycles. The molecule has 5 heteroatoms. The number of hydrogen-bond donors (Lipinski definition) is 1. The molecule has 3 nitrogen and oxygen atoms in total. The molecule has 0 aliphatic rings. The second-order valence-corrected chi connectivity index (χ2v) is 5.17. The van der Waals surface area contributed by atoms with Crippen LogP contribution in [-0.2, 0) is 0 Å². The summed E-state index contributed by atoms with van der Waals surface area (Å²) in [6, 6.07) is 3.87. The summed E-state index contributed by atoms with van der Waals surface area (Å²) in [6.45, 7) is 1.91. The number of benzene rings is 1. The van der Waals surface area contributed by atoms with E-state index in [0.717, 1.165) is 12.2 Å². The molecule has 0 aliphatic heterocycles. The number of carbonyl (C=O) groups is 1. The van der Waals surface area contributed by atoms with Gasteiger partial charge in [-0.1, -0.05) is 6.07 Å². The zero-order chi connectivity index (χ0) is 13.7. The van der Waals surface area contributed by atoms with Crippen LogP contribution in [0.1, 0.15) is 23.7 Å². The lowest BCUT2D eigenvalue weighted by atomic mass is 10.1. The Bertz CT molecular complexity index is 405. The van der Waals surface area contributed by atoms with Crippen LogP contribution in [0.2, 0.25) is 0 Å². The van der Waals surface area contributed by atoms with E-state index in [1.165, 1.54) is 23.1 Å². The van der Waals surface area contributed by atoms with Crippen molar-refractivity contribution < 1.29 is 14.3 Å². The van der Waals surface area contributed by atoms with Gasteiger partial charge in [-0.05, 0) is 37.5 Å². The highest BCUT2D eigenvalue weighted by atomic mass is 32.2. The van der Waals surface area contributed by atoms with Gasteiger partial charge in [-0.25, -0.2) is 4.39 Å². The smallest absolute Gasteiger partial charge is 0.260 e. The monoisotopic (exact) mass is 271 g/mol. The predicted molar refractivity (Wildman–Crippen MR) is 72.6 cm³/mol. The molecular formula is C13H18FNO2S. The van der Waals surface area contributed by atoms with Crippen molar-refractivity contribution in [1.82, 2.24) is 4.90 Å². The van der Waals surface area contributed by atoms with Crippen molar-refractivity contribution in [2.24, 2.45) is 0 Å². The van der Waals surface area contributed by atoms with Crippen molar-refractivity contribution in [2.75, 3.05) is 19.1 Å². The normalized spacial score (nSPS) is 12.2. The molecule has 1 amide bonds. The van der Waals surface area contributed by atoms with Crippen molar-refractivity contribution in [3.8, 4) is 5.75 Å². The molecule has 0 saturated carbocycles. The highest BCUT2D eigenvalue weighted by Crippen LogP contribution is 2.22. The Kier molecular flexibility index (Phi) is 5.47. The first kappa shape index (κ1) is 14.8. The summed E-state index contributed by atoms with van der Waals surface area (Å²) in [5.41, 5.74) is -0.254. The first-order valence-corrected chi connectivity index (χ1v) is 7.12. The molecular weight excluding hydrogens is 253 g/mol. The molecule has 1 aromatic carbocycles. The van der Waals surface area contributed by atoms with Crippen LogP contribution >= 0.6 is 11.8 Å². The summed E-state index contributed by atoms with van der Waals surface area (Å²) in [4.78, 5) is 13.6. The number of thioether (sulfide) groups is 1. The summed E-state index contributed by atoms with van der Waals surface area (Å²) in [7, 11) is 1.62. The molecule has 1 aromatic rings. The molecule has 0 bridgehead atoms. The van der Waals surface area contributed by atoms with E-state index >= 15 is 0 Å². The number of aromatic hydroxyl groups is 1. The van der Waals surface area contributed by atoms with Gasteiger partial charge in [-0.3, -0.25) is 4.79 Å². The van der Waals surface area contributed by atoms with Gasteiger partial charge in [-0.2, -0.15) is 11.8 Å². The topological polar surface area (TPSA) is 40.5 Å². The molecule has 0 spiro atoms. The van der Waals surface area contributed by atoms with E-state index in [1.54, 1.807) is 18.8 Å². The summed E-state index contributed by atoms with van der Waals surface area (Å²) in [5.74, 6) is -0.561. The van der Waals surface area contributed by atoms with Crippen molar-refractivity contribution in [3.63, 3.8) is 0 Å². The lowest BCUT2D eigenvalue weighted by molar-refractivity contribution is 0.0733. The lowest BCUT2D eigenvalue weighted by Crippen LogP contribution is -2.36. The minimum atomic E-state index is -0.691. The Hall–Kier alpha value is -1.23. The van der Waals surface area contributed by atoms with Crippen molar-refractivity contribution in [1.29, 1.82) is 0 Å². The summed E-state index contributed by atoms with van der Waals surface area (Å²) < 4.78 is 13.6. The summed E-state index contributed by atoms with van der Waals surface area (Å²) in [5, 5.41) is 9.58. The van der Waals surface area contributed by atoms with E-state index in [0.29, 0.717) is 0 Å². The van der Waals surface area contributed by atoms with Gasteiger partial charge in [0.1, 0.15) is 17.1 Å². The third-order valence-corrected chi connectivity index (χ3v) is 3.57. The standard InChI is InChI=1S/C13H18FNO2S/c1-9(7-8-18-3)15(2)13(17)12-10(14)5-4-6-11(12)16/h4-6,9,16H,7-8H2,1-3H3. The average Bonchev–Trinajstić information content (AvgIpc) is 2.34. The maximum atomic E-state index is 13.6. The van der Waals surface area contributed by atoms with Crippen LogP contribution in [0, 0.1) is 5.82 Å². The molecule has 0 radical (unpaired) electrons. The fraction of sp³-hybridized carbons (Fsp3) is 0.462. The molecule has 1 atom stereocenters. The molecule has 1 rings (SSSR count). The molecule has 18 heavy (non-hydrogen) atoms. The Morgan fingerprint density at radius 2 is 2.22 bits per heavy atom. The Balaban J connectivity index is 2.86. The van der Waals surface area contributed by atoms with Crippen molar-refractivity contribution >= 4 is 17.7 Å². The minimum Gasteiger partial charge on any atom is -0.507 e. The predicted octanol–water partition coefficient (Wildman–Crippen LogP) is 2.74. The maximum absolute atomic E-state index is 13.6. The Morgan fingerprint density at radius 3 is 2.78 bits per heavy atom. The van der Waals surface area contributed by atoms with E-state index < -0.39 is 11.7 Å². The Morgan fingerprint density at radius 1 is 1.56 bits per heavy atom. The number of nitrogens with zero attached hydrogens (tertiary/aromatic N) is 1. The number of rotatable bonds is 5. The van der Waals surface area contributed by atoms with Gasteiger partial charge in [0.2, 0.25) is 0 Å². The minimum absolute atomic E-state index is 0.00366. The van der Waals surface area contributed by atoms with Gasteiger partial charge >= 0.3 is 0 Å². The number of carbonyl (C=O) groups excluding carboxylic acids is 1. The number of phenolic OH excluding ortho intramolecular Hbond substituents is 1. The lowest BCUT2D eigenvalue weighted by Gasteiger charge is -2.25. The van der Waals surface area contributed by atoms with Gasteiger partial charge in [0.25, 0.3) is 5.91 Å². The third kappa shape index (κ3) is 3.38. The van der Waals surface area contributed by atoms with E-state index in [2.05, 4.69) is 0 Å². The van der Waals surface area contributed by atoms with Gasteiger partial charge in [0.15, 0.2) is 0 Å². The Labute approximate surface area is 111 Å². The van der Waals surface area contributed by atoms with Crippen LogP contribution in [0.4, 0.5) is 4.39 Å². The van der Waals surface area contributed by atoms with E-state index in [4.69, 9.17) is 0 Å². The molecule has 1 unspecified atom stereocenters. The second-order valence-electron chi connectivity index (χ2n) is 4.18. The number of amides is 1. The van der Waals surface area contributed by atoms with Crippen LogP contribution < -0.4 is 0 Å². The summed E-state index contributed by atoms with van der Waals surface area (Å²) in [6.07, 6.45) is 2.83. The molecule has 0 saturated heterocycles. The van der Waals surface area contributed by atoms with Gasteiger partial charge in [-0.15, -0.1) is 0 Å². The van der Waals surface area contributed by atoms with Crippen LogP contribution in [0.5, 0.6) is 5.75 Å². The van der Waals surface area contributed by atoms with Crippen LogP contribution in [0.15, 0.2) is 18.2 Å². The second kappa shape index (κ2) is 6.64. The number of halogens is 1. The zero-order valence-electron chi connectivity index (χ0n) is 10.8. The SMILES string of the molecule is CSCCC(C)N(C)C(=O)c1c(O)cccc1F. The van der Waals surface area contributed by atoms with Gasteiger partial charge in [0.05, 0.1) is 0 Å². The fourth-order valence-corrected chi connectivity index (χ4v) is 2.16. The molecule has 100 valence electrons. The fourth-order valence-electron chi connectivity index (χ4n) is 1.58. The van der Waals surface area contributed by atoms with Gasteiger partial charge < -0.3 is 10.0 Å². The number of hydrogen-bond acceptors (Lipinski definition) is 3. The third-order valence-electron chi connectivity index (χ3n) is 2.93. The van der Waals surface area contributed by atoms with Gasteiger partial charge in [0, 0.05) is 13.1 Å². The highest BCUT2D eigenvalue weighted by Gasteiger charge is 2.23. The largest absolute Gasteiger partial charge is 0.507 e. The van der Waals surface area contributed by atoms with Crippen LogP contribution in [-0.4, -0.2) is 41.0 Å². The molecule has 0 fully saturated rings. The quantitative estimate of drug-likeness (QED) is 0.895. The highest BCUT2D eigenvalue weighted by molar-refractivity contribution is 7.98. The van der Waals surface area contributed by atoms with Crippen LogP contribution in [0.3, 0.4) is 0 Å².